The predicted molar refractivity (Wildman–Crippen MR) is 68.6 cm³/mol. The number of carbonyl (C=O) groups excluding carboxylic acids is 1. The molecule has 0 aromatic heterocycles. The van der Waals surface area contributed by atoms with Gasteiger partial charge in [0.25, 0.3) is 5.69 Å². The highest BCUT2D eigenvalue weighted by Crippen LogP contribution is 2.13. The number of carboxylic acid groups (broad SMARTS) is 2. The second kappa shape index (κ2) is 6.98. The molecule has 0 saturated heterocycles. The molecule has 3 N–H and O–H groups in total. The van der Waals surface area contributed by atoms with Gasteiger partial charge < -0.3 is 15.5 Å². The van der Waals surface area contributed by atoms with Gasteiger partial charge in [0.15, 0.2) is 0 Å². The van der Waals surface area contributed by atoms with Crippen LogP contribution in [0.5, 0.6) is 0 Å². The molecule has 0 aliphatic heterocycles. The predicted octanol–water partition coefficient (Wildman–Crippen LogP) is 0.181. The van der Waals surface area contributed by atoms with Crippen molar-refractivity contribution in [1.29, 1.82) is 0 Å². The molecular weight excluding hydrogens is 284 g/mol. The minimum absolute atomic E-state index is 0.194. The van der Waals surface area contributed by atoms with Crippen molar-refractivity contribution >= 4 is 23.5 Å². The number of amides is 1. The van der Waals surface area contributed by atoms with E-state index in [1.54, 1.807) is 0 Å². The van der Waals surface area contributed by atoms with Crippen molar-refractivity contribution in [2.45, 2.75) is 18.9 Å². The smallest absolute Gasteiger partial charge is 0.326 e. The van der Waals surface area contributed by atoms with E-state index >= 15 is 0 Å². The highest BCUT2D eigenvalue weighted by Gasteiger charge is 2.23. The highest BCUT2D eigenvalue weighted by molar-refractivity contribution is 5.87. The van der Waals surface area contributed by atoms with Gasteiger partial charge in [-0.15, -0.1) is 0 Å². The summed E-state index contributed by atoms with van der Waals surface area (Å²) in [5.74, 6) is -3.56. The van der Waals surface area contributed by atoms with Crippen LogP contribution in [-0.2, 0) is 20.8 Å². The Labute approximate surface area is 118 Å². The summed E-state index contributed by atoms with van der Waals surface area (Å²) in [5.41, 5.74) is 0.127. The summed E-state index contributed by atoms with van der Waals surface area (Å²) in [6, 6.07) is 3.76. The van der Waals surface area contributed by atoms with E-state index in [1.165, 1.54) is 24.3 Å². The van der Waals surface area contributed by atoms with Gasteiger partial charge in [0.1, 0.15) is 6.04 Å². The average molecular weight is 296 g/mol. The summed E-state index contributed by atoms with van der Waals surface area (Å²) in [6.45, 7) is 0. The molecule has 0 aliphatic rings. The van der Waals surface area contributed by atoms with Crippen LogP contribution in [0, 0.1) is 10.1 Å². The second-order valence-electron chi connectivity index (χ2n) is 4.16. The van der Waals surface area contributed by atoms with Gasteiger partial charge in [0.05, 0.1) is 17.8 Å². The molecule has 1 atom stereocenters. The third-order valence-corrected chi connectivity index (χ3v) is 2.50. The topological polar surface area (TPSA) is 147 Å². The fraction of sp³-hybridized carbons (Fsp3) is 0.250. The molecule has 1 amide bonds. The van der Waals surface area contributed by atoms with Gasteiger partial charge in [0, 0.05) is 12.1 Å². The van der Waals surface area contributed by atoms with Gasteiger partial charge in [-0.1, -0.05) is 12.1 Å². The highest BCUT2D eigenvalue weighted by atomic mass is 16.6. The number of nitro benzene ring substituents is 1. The standard InChI is InChI=1S/C12H12N2O7/c15-10(13-9(12(18)19)6-11(16)17)5-7-2-1-3-8(4-7)14(20)21/h1-4,9H,5-6H2,(H,13,15)(H,16,17)(H,18,19)/t9-/m1/s1. The van der Waals surface area contributed by atoms with E-state index < -0.39 is 35.2 Å². The van der Waals surface area contributed by atoms with Gasteiger partial charge in [-0.25, -0.2) is 4.79 Å². The lowest BCUT2D eigenvalue weighted by atomic mass is 10.1. The number of non-ortho nitro benzene ring substituents is 1. The largest absolute Gasteiger partial charge is 0.481 e. The van der Waals surface area contributed by atoms with Crippen molar-refractivity contribution in [2.75, 3.05) is 0 Å². The average Bonchev–Trinajstić information content (AvgIpc) is 2.37. The molecule has 0 saturated carbocycles. The molecule has 0 fully saturated rings. The number of carbonyl (C=O) groups is 3. The SMILES string of the molecule is O=C(O)C[C@@H](NC(=O)Cc1cccc([N+](=O)[O-])c1)C(=O)O. The van der Waals surface area contributed by atoms with E-state index in [0.717, 1.165) is 0 Å². The van der Waals surface area contributed by atoms with Crippen molar-refractivity contribution in [1.82, 2.24) is 5.32 Å². The Balaban J connectivity index is 2.72. The van der Waals surface area contributed by atoms with Crippen molar-refractivity contribution < 1.29 is 29.5 Å². The summed E-state index contributed by atoms with van der Waals surface area (Å²) in [5, 5.41) is 30.0. The first kappa shape index (κ1) is 16.1. The number of hydrogen-bond acceptors (Lipinski definition) is 5. The van der Waals surface area contributed by atoms with Crippen molar-refractivity contribution in [3.63, 3.8) is 0 Å². The first-order valence-corrected chi connectivity index (χ1v) is 5.77. The molecule has 0 spiro atoms. The minimum atomic E-state index is -1.55. The Morgan fingerprint density at radius 2 is 1.95 bits per heavy atom. The van der Waals surface area contributed by atoms with Crippen LogP contribution in [0.3, 0.4) is 0 Å². The maximum atomic E-state index is 11.7. The fourth-order valence-corrected chi connectivity index (χ4v) is 1.59. The van der Waals surface area contributed by atoms with Crippen LogP contribution >= 0.6 is 0 Å². The zero-order valence-electron chi connectivity index (χ0n) is 10.7. The Bertz CT molecular complexity index is 585. The monoisotopic (exact) mass is 296 g/mol. The molecule has 0 heterocycles. The van der Waals surface area contributed by atoms with Crippen LogP contribution in [0.1, 0.15) is 12.0 Å². The van der Waals surface area contributed by atoms with Crippen LogP contribution < -0.4 is 5.32 Å². The Kier molecular flexibility index (Phi) is 5.35. The molecule has 9 heteroatoms. The van der Waals surface area contributed by atoms with Gasteiger partial charge in [-0.3, -0.25) is 19.7 Å². The number of nitro groups is 1. The molecule has 1 aromatic carbocycles. The van der Waals surface area contributed by atoms with E-state index in [2.05, 4.69) is 5.32 Å². The Hall–Kier alpha value is -2.97. The molecule has 9 nitrogen and oxygen atoms in total. The number of aliphatic carboxylic acids is 2. The van der Waals surface area contributed by atoms with Crippen molar-refractivity contribution in [2.24, 2.45) is 0 Å². The maximum Gasteiger partial charge on any atom is 0.326 e. The van der Waals surface area contributed by atoms with E-state index in [0.29, 0.717) is 5.56 Å². The molecule has 1 aromatic rings. The third kappa shape index (κ3) is 5.27. The molecule has 1 rings (SSSR count). The normalized spacial score (nSPS) is 11.4. The van der Waals surface area contributed by atoms with Gasteiger partial charge >= 0.3 is 11.9 Å². The molecular formula is C12H12N2O7. The second-order valence-corrected chi connectivity index (χ2v) is 4.16. The summed E-state index contributed by atoms with van der Waals surface area (Å²) < 4.78 is 0. The van der Waals surface area contributed by atoms with E-state index in [4.69, 9.17) is 10.2 Å². The molecule has 21 heavy (non-hydrogen) atoms. The number of rotatable bonds is 7. The number of benzene rings is 1. The van der Waals surface area contributed by atoms with Gasteiger partial charge in [0.2, 0.25) is 5.91 Å². The molecule has 0 radical (unpaired) electrons. The lowest BCUT2D eigenvalue weighted by molar-refractivity contribution is -0.384. The molecule has 112 valence electrons. The summed E-state index contributed by atoms with van der Waals surface area (Å²) >= 11 is 0. The molecule has 0 bridgehead atoms. The van der Waals surface area contributed by atoms with Crippen LogP contribution in [0.25, 0.3) is 0 Å². The van der Waals surface area contributed by atoms with E-state index in [9.17, 15) is 24.5 Å². The summed E-state index contributed by atoms with van der Waals surface area (Å²) in [7, 11) is 0. The number of nitrogens with zero attached hydrogens (tertiary/aromatic N) is 1. The van der Waals surface area contributed by atoms with E-state index in [1.807, 2.05) is 0 Å². The lowest BCUT2D eigenvalue weighted by Gasteiger charge is -2.12. The van der Waals surface area contributed by atoms with Gasteiger partial charge in [-0.2, -0.15) is 0 Å². The fourth-order valence-electron chi connectivity index (χ4n) is 1.59. The van der Waals surface area contributed by atoms with Crippen LogP contribution in [0.2, 0.25) is 0 Å². The molecule has 0 aliphatic carbocycles. The van der Waals surface area contributed by atoms with Crippen molar-refractivity contribution in [3.05, 3.63) is 39.9 Å². The van der Waals surface area contributed by atoms with Crippen LogP contribution in [0.4, 0.5) is 5.69 Å². The number of carboxylic acids is 2. The summed E-state index contributed by atoms with van der Waals surface area (Å²) in [6.07, 6.45) is -1.04. The third-order valence-electron chi connectivity index (χ3n) is 2.50. The first-order valence-electron chi connectivity index (χ1n) is 5.77. The number of hydrogen-bond donors (Lipinski definition) is 3. The zero-order valence-corrected chi connectivity index (χ0v) is 10.7. The first-order chi connectivity index (χ1) is 9.79. The Morgan fingerprint density at radius 1 is 1.29 bits per heavy atom. The number of nitrogens with one attached hydrogen (secondary N) is 1. The van der Waals surface area contributed by atoms with Crippen molar-refractivity contribution in [3.8, 4) is 0 Å². The zero-order chi connectivity index (χ0) is 16.0. The quantitative estimate of drug-likeness (QED) is 0.480. The Morgan fingerprint density at radius 3 is 2.48 bits per heavy atom. The minimum Gasteiger partial charge on any atom is -0.481 e. The lowest BCUT2D eigenvalue weighted by Crippen LogP contribution is -2.42. The molecule has 0 unspecified atom stereocenters. The summed E-state index contributed by atoms with van der Waals surface area (Å²) in [4.78, 5) is 42.9. The van der Waals surface area contributed by atoms with Gasteiger partial charge in [-0.05, 0) is 5.56 Å². The van der Waals surface area contributed by atoms with E-state index in [-0.39, 0.29) is 12.1 Å². The maximum absolute atomic E-state index is 11.7. The van der Waals surface area contributed by atoms with Crippen LogP contribution in [0.15, 0.2) is 24.3 Å². The van der Waals surface area contributed by atoms with Crippen LogP contribution in [-0.4, -0.2) is 39.0 Å².